The number of hydrogen-bond acceptors (Lipinski definition) is 3. The second-order valence-electron chi connectivity index (χ2n) is 5.55. The highest BCUT2D eigenvalue weighted by Gasteiger charge is 2.05. The van der Waals surface area contributed by atoms with Crippen LogP contribution in [-0.2, 0) is 6.54 Å². The van der Waals surface area contributed by atoms with Crippen LogP contribution in [0.5, 0.6) is 11.5 Å². The molecule has 3 nitrogen and oxygen atoms in total. The summed E-state index contributed by atoms with van der Waals surface area (Å²) in [7, 11) is 1.66. The maximum absolute atomic E-state index is 5.61. The van der Waals surface area contributed by atoms with Gasteiger partial charge in [0.1, 0.15) is 0 Å². The van der Waals surface area contributed by atoms with Crippen molar-refractivity contribution >= 4 is 5.69 Å². The molecule has 0 atom stereocenters. The molecule has 0 bridgehead atoms. The van der Waals surface area contributed by atoms with E-state index in [2.05, 4.69) is 49.5 Å². The van der Waals surface area contributed by atoms with Crippen molar-refractivity contribution in [3.05, 3.63) is 53.6 Å². The minimum atomic E-state index is 0.560. The molecular weight excluding hydrogens is 274 g/mol. The van der Waals surface area contributed by atoms with E-state index in [1.165, 1.54) is 5.56 Å². The van der Waals surface area contributed by atoms with Gasteiger partial charge in [-0.25, -0.2) is 0 Å². The number of methoxy groups -OCH3 is 1. The summed E-state index contributed by atoms with van der Waals surface area (Å²) in [5.74, 6) is 2.12. The Hall–Kier alpha value is -2.16. The van der Waals surface area contributed by atoms with Crippen molar-refractivity contribution in [3.63, 3.8) is 0 Å². The Balaban J connectivity index is 2.03. The van der Waals surface area contributed by atoms with Crippen molar-refractivity contribution in [1.82, 2.24) is 0 Å². The van der Waals surface area contributed by atoms with E-state index in [1.807, 2.05) is 19.1 Å². The molecule has 0 heterocycles. The van der Waals surface area contributed by atoms with E-state index in [4.69, 9.17) is 9.47 Å². The third kappa shape index (κ3) is 4.17. The lowest BCUT2D eigenvalue weighted by Gasteiger charge is -2.12. The highest BCUT2D eigenvalue weighted by molar-refractivity contribution is 5.47. The van der Waals surface area contributed by atoms with Crippen LogP contribution in [0.1, 0.15) is 37.8 Å². The van der Waals surface area contributed by atoms with E-state index in [9.17, 15) is 0 Å². The third-order valence-corrected chi connectivity index (χ3v) is 3.60. The van der Waals surface area contributed by atoms with Gasteiger partial charge < -0.3 is 14.8 Å². The summed E-state index contributed by atoms with van der Waals surface area (Å²) >= 11 is 0. The van der Waals surface area contributed by atoms with E-state index in [-0.39, 0.29) is 0 Å². The first-order valence-corrected chi connectivity index (χ1v) is 7.77. The van der Waals surface area contributed by atoms with Crippen LogP contribution in [0.25, 0.3) is 0 Å². The monoisotopic (exact) mass is 299 g/mol. The molecule has 0 aromatic heterocycles. The maximum Gasteiger partial charge on any atom is 0.161 e. The number of rotatable bonds is 7. The summed E-state index contributed by atoms with van der Waals surface area (Å²) in [4.78, 5) is 0. The van der Waals surface area contributed by atoms with E-state index < -0.39 is 0 Å². The number of hydrogen-bond donors (Lipinski definition) is 1. The van der Waals surface area contributed by atoms with Gasteiger partial charge in [0.05, 0.1) is 13.7 Å². The smallest absolute Gasteiger partial charge is 0.161 e. The molecule has 0 saturated carbocycles. The highest BCUT2D eigenvalue weighted by atomic mass is 16.5. The molecule has 0 saturated heterocycles. The molecule has 0 aliphatic carbocycles. The van der Waals surface area contributed by atoms with Gasteiger partial charge in [-0.05, 0) is 48.2 Å². The molecule has 22 heavy (non-hydrogen) atoms. The van der Waals surface area contributed by atoms with E-state index in [0.717, 1.165) is 29.3 Å². The summed E-state index contributed by atoms with van der Waals surface area (Å²) in [6, 6.07) is 14.6. The van der Waals surface area contributed by atoms with Crippen LogP contribution in [-0.4, -0.2) is 13.7 Å². The largest absolute Gasteiger partial charge is 0.493 e. The van der Waals surface area contributed by atoms with Gasteiger partial charge in [0.25, 0.3) is 0 Å². The fourth-order valence-corrected chi connectivity index (χ4v) is 2.29. The van der Waals surface area contributed by atoms with Crippen molar-refractivity contribution in [3.8, 4) is 11.5 Å². The van der Waals surface area contributed by atoms with Gasteiger partial charge in [0, 0.05) is 12.2 Å². The molecule has 0 aliphatic heterocycles. The van der Waals surface area contributed by atoms with Crippen LogP contribution in [0.2, 0.25) is 0 Å². The van der Waals surface area contributed by atoms with Crippen LogP contribution in [0.4, 0.5) is 5.69 Å². The SMILES string of the molecule is CCOc1cc(CNc2ccc(C(C)C)cc2)ccc1OC. The third-order valence-electron chi connectivity index (χ3n) is 3.60. The number of anilines is 1. The average Bonchev–Trinajstić information content (AvgIpc) is 2.54. The highest BCUT2D eigenvalue weighted by Crippen LogP contribution is 2.28. The summed E-state index contributed by atoms with van der Waals surface area (Å²) < 4.78 is 10.9. The minimum Gasteiger partial charge on any atom is -0.493 e. The summed E-state index contributed by atoms with van der Waals surface area (Å²) in [6.07, 6.45) is 0. The van der Waals surface area contributed by atoms with Gasteiger partial charge >= 0.3 is 0 Å². The van der Waals surface area contributed by atoms with Crippen LogP contribution in [0, 0.1) is 0 Å². The molecule has 0 amide bonds. The van der Waals surface area contributed by atoms with Crippen molar-refractivity contribution in [2.75, 3.05) is 19.0 Å². The van der Waals surface area contributed by atoms with E-state index >= 15 is 0 Å². The van der Waals surface area contributed by atoms with E-state index in [0.29, 0.717) is 12.5 Å². The van der Waals surface area contributed by atoms with Crippen molar-refractivity contribution in [1.29, 1.82) is 0 Å². The molecule has 0 aliphatic rings. The lowest BCUT2D eigenvalue weighted by atomic mass is 10.0. The van der Waals surface area contributed by atoms with Crippen molar-refractivity contribution < 1.29 is 9.47 Å². The average molecular weight is 299 g/mol. The first kappa shape index (κ1) is 16.2. The Bertz CT molecular complexity index is 591. The lowest BCUT2D eigenvalue weighted by Crippen LogP contribution is -2.01. The van der Waals surface area contributed by atoms with Crippen molar-refractivity contribution in [2.24, 2.45) is 0 Å². The fourth-order valence-electron chi connectivity index (χ4n) is 2.29. The lowest BCUT2D eigenvalue weighted by molar-refractivity contribution is 0.310. The zero-order valence-corrected chi connectivity index (χ0v) is 13.8. The Morgan fingerprint density at radius 3 is 2.32 bits per heavy atom. The molecule has 0 radical (unpaired) electrons. The van der Waals surface area contributed by atoms with Gasteiger partial charge in [0.15, 0.2) is 11.5 Å². The number of benzene rings is 2. The molecule has 1 N–H and O–H groups in total. The van der Waals surface area contributed by atoms with E-state index in [1.54, 1.807) is 7.11 Å². The normalized spacial score (nSPS) is 10.6. The quantitative estimate of drug-likeness (QED) is 0.794. The molecule has 2 rings (SSSR count). The fraction of sp³-hybridized carbons (Fsp3) is 0.368. The summed E-state index contributed by atoms with van der Waals surface area (Å²) in [5.41, 5.74) is 3.64. The molecule has 0 unspecified atom stereocenters. The maximum atomic E-state index is 5.61. The topological polar surface area (TPSA) is 30.5 Å². The first-order chi connectivity index (χ1) is 10.6. The van der Waals surface area contributed by atoms with Gasteiger partial charge in [-0.15, -0.1) is 0 Å². The van der Waals surface area contributed by atoms with Crippen LogP contribution < -0.4 is 14.8 Å². The van der Waals surface area contributed by atoms with Crippen LogP contribution in [0.15, 0.2) is 42.5 Å². The summed E-state index contributed by atoms with van der Waals surface area (Å²) in [6.45, 7) is 7.76. The Kier molecular flexibility index (Phi) is 5.70. The number of ether oxygens (including phenoxy) is 2. The predicted molar refractivity (Wildman–Crippen MR) is 92.0 cm³/mol. The zero-order valence-electron chi connectivity index (χ0n) is 13.8. The molecule has 3 heteroatoms. The van der Waals surface area contributed by atoms with Gasteiger partial charge in [-0.1, -0.05) is 32.0 Å². The van der Waals surface area contributed by atoms with Gasteiger partial charge in [-0.2, -0.15) is 0 Å². The molecule has 0 spiro atoms. The molecule has 2 aromatic rings. The first-order valence-electron chi connectivity index (χ1n) is 7.77. The Morgan fingerprint density at radius 1 is 1.00 bits per heavy atom. The standard InChI is InChI=1S/C19H25NO2/c1-5-22-19-12-15(6-11-18(19)21-4)13-20-17-9-7-16(8-10-17)14(2)3/h6-12,14,20H,5,13H2,1-4H3. The van der Waals surface area contributed by atoms with Crippen LogP contribution in [0.3, 0.4) is 0 Å². The Morgan fingerprint density at radius 2 is 1.73 bits per heavy atom. The van der Waals surface area contributed by atoms with Crippen molar-refractivity contribution in [2.45, 2.75) is 33.2 Å². The molecule has 0 fully saturated rings. The van der Waals surface area contributed by atoms with Gasteiger partial charge in [0.2, 0.25) is 0 Å². The van der Waals surface area contributed by atoms with Crippen LogP contribution >= 0.6 is 0 Å². The molecule has 118 valence electrons. The van der Waals surface area contributed by atoms with Gasteiger partial charge in [-0.3, -0.25) is 0 Å². The second-order valence-corrected chi connectivity index (χ2v) is 5.55. The predicted octanol–water partition coefficient (Wildman–Crippen LogP) is 4.83. The second kappa shape index (κ2) is 7.74. The molecule has 2 aromatic carbocycles. The summed E-state index contributed by atoms with van der Waals surface area (Å²) in [5, 5.41) is 3.44. The number of nitrogens with one attached hydrogen (secondary N) is 1. The zero-order chi connectivity index (χ0) is 15.9. The molecular formula is C19H25NO2. The Labute approximate surface area is 133 Å². The minimum absolute atomic E-state index is 0.560.